The lowest BCUT2D eigenvalue weighted by Gasteiger charge is -2.12. The van der Waals surface area contributed by atoms with E-state index in [-0.39, 0.29) is 18.4 Å². The highest BCUT2D eigenvalue weighted by Gasteiger charge is 2.17. The molecule has 0 heterocycles. The Morgan fingerprint density at radius 1 is 1.20 bits per heavy atom. The van der Waals surface area contributed by atoms with Gasteiger partial charge in [-0.25, -0.2) is 0 Å². The van der Waals surface area contributed by atoms with Crippen molar-refractivity contribution in [1.82, 2.24) is 10.6 Å². The summed E-state index contributed by atoms with van der Waals surface area (Å²) in [4.78, 5) is 23.1. The zero-order valence-corrected chi connectivity index (χ0v) is 11.6. The molecule has 0 aliphatic heterocycles. The predicted molar refractivity (Wildman–Crippen MR) is 75.7 cm³/mol. The van der Waals surface area contributed by atoms with Crippen LogP contribution in [0.25, 0.3) is 0 Å². The summed E-state index contributed by atoms with van der Waals surface area (Å²) in [5, 5.41) is 5.51. The van der Waals surface area contributed by atoms with Crippen LogP contribution in [0.4, 0.5) is 0 Å². The van der Waals surface area contributed by atoms with Crippen LogP contribution < -0.4 is 15.4 Å². The summed E-state index contributed by atoms with van der Waals surface area (Å²) >= 11 is 0. The number of carbonyl (C=O) groups excluding carboxylic acids is 2. The Kier molecular flexibility index (Phi) is 4.98. The van der Waals surface area contributed by atoms with Crippen LogP contribution in [-0.2, 0) is 4.79 Å². The van der Waals surface area contributed by atoms with Crippen molar-refractivity contribution in [3.63, 3.8) is 0 Å². The second-order valence-electron chi connectivity index (χ2n) is 4.94. The third kappa shape index (κ3) is 3.98. The highest BCUT2D eigenvalue weighted by Crippen LogP contribution is 2.18. The second kappa shape index (κ2) is 6.93. The van der Waals surface area contributed by atoms with Gasteiger partial charge in [0.25, 0.3) is 11.8 Å². The number of carbonyl (C=O) groups is 2. The molecule has 1 fully saturated rings. The summed E-state index contributed by atoms with van der Waals surface area (Å²) in [6.45, 7) is -0.0237. The van der Waals surface area contributed by atoms with Gasteiger partial charge in [0.15, 0.2) is 6.61 Å². The molecule has 0 saturated heterocycles. The summed E-state index contributed by atoms with van der Waals surface area (Å²) in [6, 6.07) is 7.14. The zero-order valence-electron chi connectivity index (χ0n) is 11.6. The van der Waals surface area contributed by atoms with Gasteiger partial charge >= 0.3 is 0 Å². The van der Waals surface area contributed by atoms with Crippen molar-refractivity contribution in [1.29, 1.82) is 0 Å². The van der Waals surface area contributed by atoms with Gasteiger partial charge in [-0.05, 0) is 37.1 Å². The van der Waals surface area contributed by atoms with Crippen LogP contribution >= 0.6 is 0 Å². The Morgan fingerprint density at radius 3 is 2.45 bits per heavy atom. The molecule has 108 valence electrons. The molecule has 0 aromatic heterocycles. The lowest BCUT2D eigenvalue weighted by atomic mass is 10.1. The van der Waals surface area contributed by atoms with E-state index in [1.54, 1.807) is 31.3 Å². The van der Waals surface area contributed by atoms with Crippen LogP contribution in [0.5, 0.6) is 5.75 Å². The maximum atomic E-state index is 12.0. The predicted octanol–water partition coefficient (Wildman–Crippen LogP) is 1.48. The lowest BCUT2D eigenvalue weighted by molar-refractivity contribution is -0.122. The van der Waals surface area contributed by atoms with Gasteiger partial charge in [-0.3, -0.25) is 9.59 Å². The molecule has 20 heavy (non-hydrogen) atoms. The van der Waals surface area contributed by atoms with Crippen molar-refractivity contribution in [2.24, 2.45) is 0 Å². The first-order valence-corrected chi connectivity index (χ1v) is 6.93. The molecule has 0 atom stereocenters. The number of amides is 2. The number of hydrogen-bond acceptors (Lipinski definition) is 3. The van der Waals surface area contributed by atoms with E-state index in [2.05, 4.69) is 10.6 Å². The number of nitrogens with one attached hydrogen (secondary N) is 2. The average molecular weight is 276 g/mol. The van der Waals surface area contributed by atoms with Gasteiger partial charge in [0, 0.05) is 18.7 Å². The molecule has 1 saturated carbocycles. The van der Waals surface area contributed by atoms with Crippen molar-refractivity contribution in [2.75, 3.05) is 13.7 Å². The lowest BCUT2D eigenvalue weighted by Crippen LogP contribution is -2.32. The summed E-state index contributed by atoms with van der Waals surface area (Å²) in [5.74, 6) is 0.342. The maximum absolute atomic E-state index is 12.0. The van der Waals surface area contributed by atoms with E-state index in [1.807, 2.05) is 0 Å². The van der Waals surface area contributed by atoms with Crippen molar-refractivity contribution in [3.8, 4) is 5.75 Å². The van der Waals surface area contributed by atoms with Crippen LogP contribution in [0.1, 0.15) is 36.0 Å². The zero-order chi connectivity index (χ0) is 14.4. The summed E-state index contributed by atoms with van der Waals surface area (Å²) < 4.78 is 5.28. The second-order valence-corrected chi connectivity index (χ2v) is 4.94. The molecule has 2 rings (SSSR count). The molecule has 0 unspecified atom stereocenters. The van der Waals surface area contributed by atoms with Crippen LogP contribution in [0.2, 0.25) is 0 Å². The Bertz CT molecular complexity index is 465. The minimum Gasteiger partial charge on any atom is -0.484 e. The maximum Gasteiger partial charge on any atom is 0.257 e. The summed E-state index contributed by atoms with van der Waals surface area (Å²) in [6.07, 6.45) is 4.52. The number of rotatable bonds is 5. The highest BCUT2D eigenvalue weighted by atomic mass is 16.5. The standard InChI is InChI=1S/C15H20N2O3/c1-16-14(18)10-20-13-8-6-11(7-9-13)15(19)17-12-4-2-3-5-12/h6-9,12H,2-5,10H2,1H3,(H,16,18)(H,17,19). The van der Waals surface area contributed by atoms with Crippen LogP contribution in [0, 0.1) is 0 Å². The largest absolute Gasteiger partial charge is 0.484 e. The SMILES string of the molecule is CNC(=O)COc1ccc(C(=O)NC2CCCC2)cc1. The van der Waals surface area contributed by atoms with Gasteiger partial charge in [-0.1, -0.05) is 12.8 Å². The number of likely N-dealkylation sites (N-methyl/N-ethyl adjacent to an activating group) is 1. The molecule has 5 nitrogen and oxygen atoms in total. The minimum absolute atomic E-state index is 0.0237. The first-order valence-electron chi connectivity index (χ1n) is 6.93. The molecule has 0 radical (unpaired) electrons. The van der Waals surface area contributed by atoms with E-state index in [4.69, 9.17) is 4.74 Å². The molecule has 5 heteroatoms. The molecule has 0 spiro atoms. The summed E-state index contributed by atoms with van der Waals surface area (Å²) in [5.41, 5.74) is 0.615. The number of ether oxygens (including phenoxy) is 1. The van der Waals surface area contributed by atoms with Crippen molar-refractivity contribution < 1.29 is 14.3 Å². The first kappa shape index (κ1) is 14.4. The Hall–Kier alpha value is -2.04. The third-order valence-corrected chi connectivity index (χ3v) is 3.46. The normalized spacial score (nSPS) is 14.8. The topological polar surface area (TPSA) is 67.4 Å². The molecule has 0 bridgehead atoms. The van der Waals surface area contributed by atoms with Crippen LogP contribution in [0.15, 0.2) is 24.3 Å². The number of benzene rings is 1. The monoisotopic (exact) mass is 276 g/mol. The van der Waals surface area contributed by atoms with E-state index in [0.717, 1.165) is 12.8 Å². The molecule has 2 N–H and O–H groups in total. The quantitative estimate of drug-likeness (QED) is 0.856. The van der Waals surface area contributed by atoms with E-state index in [1.165, 1.54) is 12.8 Å². The van der Waals surface area contributed by atoms with E-state index < -0.39 is 0 Å². The van der Waals surface area contributed by atoms with Gasteiger partial charge in [0.05, 0.1) is 0 Å². The molecular weight excluding hydrogens is 256 g/mol. The Balaban J connectivity index is 1.86. The first-order chi connectivity index (χ1) is 9.69. The fourth-order valence-electron chi connectivity index (χ4n) is 2.26. The van der Waals surface area contributed by atoms with Gasteiger partial charge < -0.3 is 15.4 Å². The molecule has 1 aliphatic rings. The minimum atomic E-state index is -0.187. The van der Waals surface area contributed by atoms with Gasteiger partial charge in [-0.15, -0.1) is 0 Å². The third-order valence-electron chi connectivity index (χ3n) is 3.46. The van der Waals surface area contributed by atoms with Crippen molar-refractivity contribution in [2.45, 2.75) is 31.7 Å². The molecule has 1 aromatic rings. The Labute approximate surface area is 118 Å². The molecule has 2 amide bonds. The smallest absolute Gasteiger partial charge is 0.257 e. The van der Waals surface area contributed by atoms with Crippen LogP contribution in [0.3, 0.4) is 0 Å². The summed E-state index contributed by atoms with van der Waals surface area (Å²) in [7, 11) is 1.56. The van der Waals surface area contributed by atoms with Crippen molar-refractivity contribution >= 4 is 11.8 Å². The Morgan fingerprint density at radius 2 is 1.85 bits per heavy atom. The van der Waals surface area contributed by atoms with E-state index >= 15 is 0 Å². The fourth-order valence-corrected chi connectivity index (χ4v) is 2.26. The van der Waals surface area contributed by atoms with E-state index in [0.29, 0.717) is 17.4 Å². The molecule has 1 aliphatic carbocycles. The molecule has 1 aromatic carbocycles. The van der Waals surface area contributed by atoms with Crippen LogP contribution in [-0.4, -0.2) is 31.5 Å². The highest BCUT2D eigenvalue weighted by molar-refractivity contribution is 5.94. The molecular formula is C15H20N2O3. The van der Waals surface area contributed by atoms with Gasteiger partial charge in [0.1, 0.15) is 5.75 Å². The van der Waals surface area contributed by atoms with Gasteiger partial charge in [0.2, 0.25) is 0 Å². The van der Waals surface area contributed by atoms with E-state index in [9.17, 15) is 9.59 Å². The fraction of sp³-hybridized carbons (Fsp3) is 0.467. The average Bonchev–Trinajstić information content (AvgIpc) is 2.98. The van der Waals surface area contributed by atoms with Crippen molar-refractivity contribution in [3.05, 3.63) is 29.8 Å². The van der Waals surface area contributed by atoms with Gasteiger partial charge in [-0.2, -0.15) is 0 Å². The number of hydrogen-bond donors (Lipinski definition) is 2.